The summed E-state index contributed by atoms with van der Waals surface area (Å²) in [4.78, 5) is 15.9. The van der Waals surface area contributed by atoms with Gasteiger partial charge in [-0.1, -0.05) is 49.0 Å². The number of carbonyl (C=O) groups is 1. The van der Waals surface area contributed by atoms with Crippen LogP contribution in [0.1, 0.15) is 15.9 Å². The number of hydrogen-bond donors (Lipinski definition) is 2. The van der Waals surface area contributed by atoms with Gasteiger partial charge in [0.25, 0.3) is 5.91 Å². The third-order valence-electron chi connectivity index (χ3n) is 3.38. The van der Waals surface area contributed by atoms with Crippen LogP contribution in [-0.4, -0.2) is 10.9 Å². The molecule has 0 aliphatic heterocycles. The summed E-state index contributed by atoms with van der Waals surface area (Å²) in [6.45, 7) is 4.00. The molecule has 0 bridgehead atoms. The van der Waals surface area contributed by atoms with Gasteiger partial charge in [0.1, 0.15) is 0 Å². The lowest BCUT2D eigenvalue weighted by atomic mass is 10.0. The van der Waals surface area contributed by atoms with Gasteiger partial charge in [-0.3, -0.25) is 20.6 Å². The number of nitrogens with zero attached hydrogens (tertiary/aromatic N) is 1. The number of carbonyl (C=O) groups excluding carboxylic acids is 1. The molecule has 0 fully saturated rings. The highest BCUT2D eigenvalue weighted by molar-refractivity contribution is 5.96. The van der Waals surface area contributed by atoms with E-state index in [1.165, 1.54) is 0 Å². The molecule has 0 saturated carbocycles. The van der Waals surface area contributed by atoms with Gasteiger partial charge in [-0.25, -0.2) is 0 Å². The van der Waals surface area contributed by atoms with Gasteiger partial charge < -0.3 is 0 Å². The van der Waals surface area contributed by atoms with Crippen LogP contribution in [0, 0.1) is 0 Å². The van der Waals surface area contributed by atoms with E-state index in [4.69, 9.17) is 0 Å². The molecule has 0 spiro atoms. The fourth-order valence-corrected chi connectivity index (χ4v) is 2.26. The van der Waals surface area contributed by atoms with E-state index in [0.717, 1.165) is 16.3 Å². The number of rotatable bonds is 4. The first-order chi connectivity index (χ1) is 10.8. The molecule has 3 rings (SSSR count). The maximum Gasteiger partial charge on any atom is 0.269 e. The Morgan fingerprint density at radius 2 is 1.64 bits per heavy atom. The van der Waals surface area contributed by atoms with Crippen LogP contribution in [0.25, 0.3) is 16.5 Å². The zero-order chi connectivity index (χ0) is 15.4. The fraction of sp³-hybridized carbons (Fsp3) is 0. The second-order valence-corrected chi connectivity index (χ2v) is 4.82. The van der Waals surface area contributed by atoms with Crippen molar-refractivity contribution >= 4 is 22.4 Å². The van der Waals surface area contributed by atoms with Crippen LogP contribution in [0.3, 0.4) is 0 Å². The van der Waals surface area contributed by atoms with E-state index < -0.39 is 0 Å². The van der Waals surface area contributed by atoms with Crippen LogP contribution in [0.5, 0.6) is 0 Å². The molecule has 1 amide bonds. The molecule has 0 aliphatic rings. The molecule has 2 aromatic carbocycles. The number of fused-ring (bicyclic) bond motifs is 1. The zero-order valence-electron chi connectivity index (χ0n) is 11.9. The average Bonchev–Trinajstić information content (AvgIpc) is 2.59. The molecular formula is C18H15N3O. The normalized spacial score (nSPS) is 10.2. The van der Waals surface area contributed by atoms with Crippen molar-refractivity contribution in [2.75, 3.05) is 0 Å². The topological polar surface area (TPSA) is 54.0 Å². The highest BCUT2D eigenvalue weighted by Crippen LogP contribution is 2.22. The molecule has 0 aliphatic carbocycles. The maximum atomic E-state index is 12.0. The molecule has 0 atom stereocenters. The average molecular weight is 289 g/mol. The first-order valence-corrected chi connectivity index (χ1v) is 6.89. The Kier molecular flexibility index (Phi) is 3.83. The first kappa shape index (κ1) is 13.8. The van der Waals surface area contributed by atoms with Crippen molar-refractivity contribution in [3.05, 3.63) is 84.7 Å². The van der Waals surface area contributed by atoms with Gasteiger partial charge in [0.15, 0.2) is 0 Å². The Labute approximate surface area is 128 Å². The molecule has 1 aromatic heterocycles. The zero-order valence-corrected chi connectivity index (χ0v) is 11.9. The maximum absolute atomic E-state index is 12.0. The number of benzene rings is 2. The number of hydrogen-bond acceptors (Lipinski definition) is 3. The summed E-state index contributed by atoms with van der Waals surface area (Å²) >= 11 is 0. The Morgan fingerprint density at radius 3 is 2.45 bits per heavy atom. The minimum absolute atomic E-state index is 0.233. The van der Waals surface area contributed by atoms with Crippen LogP contribution >= 0.6 is 0 Å². The van der Waals surface area contributed by atoms with Gasteiger partial charge in [-0.05, 0) is 22.9 Å². The molecule has 1 heterocycles. The highest BCUT2D eigenvalue weighted by Gasteiger charge is 2.07. The van der Waals surface area contributed by atoms with Crippen molar-refractivity contribution < 1.29 is 4.79 Å². The number of aromatic nitrogens is 1. The molecule has 3 aromatic rings. The van der Waals surface area contributed by atoms with Gasteiger partial charge in [-0.15, -0.1) is 0 Å². The largest absolute Gasteiger partial charge is 0.298 e. The van der Waals surface area contributed by atoms with Gasteiger partial charge in [-0.2, -0.15) is 0 Å². The molecule has 108 valence electrons. The Balaban J connectivity index is 1.76. The summed E-state index contributed by atoms with van der Waals surface area (Å²) in [6.07, 6.45) is 3.16. The van der Waals surface area contributed by atoms with Crippen molar-refractivity contribution in [2.24, 2.45) is 0 Å². The Morgan fingerprint density at radius 1 is 0.909 bits per heavy atom. The monoisotopic (exact) mass is 289 g/mol. The van der Waals surface area contributed by atoms with E-state index >= 15 is 0 Å². The number of amides is 1. The van der Waals surface area contributed by atoms with Crippen molar-refractivity contribution in [1.82, 2.24) is 15.8 Å². The van der Waals surface area contributed by atoms with Crippen molar-refractivity contribution in [2.45, 2.75) is 0 Å². The minimum Gasteiger partial charge on any atom is -0.298 e. The Hall–Kier alpha value is -3.14. The van der Waals surface area contributed by atoms with E-state index in [9.17, 15) is 4.79 Å². The summed E-state index contributed by atoms with van der Waals surface area (Å²) in [5.74, 6) is -0.233. The van der Waals surface area contributed by atoms with E-state index in [1.54, 1.807) is 24.5 Å². The van der Waals surface area contributed by atoms with E-state index in [2.05, 4.69) is 22.4 Å². The standard InChI is InChI=1S/C18H15N3O/c1-13(20-21-18(22)15-9-11-19-12-10-15)16-8-4-6-14-5-2-3-7-17(14)16/h2-12,20H,1H2,(H,21,22). The lowest BCUT2D eigenvalue weighted by Crippen LogP contribution is -2.35. The molecular weight excluding hydrogens is 274 g/mol. The van der Waals surface area contributed by atoms with Crippen molar-refractivity contribution in [3.63, 3.8) is 0 Å². The van der Waals surface area contributed by atoms with E-state index in [1.807, 2.05) is 42.5 Å². The molecule has 22 heavy (non-hydrogen) atoms. The molecule has 0 saturated heterocycles. The van der Waals surface area contributed by atoms with E-state index in [0.29, 0.717) is 11.3 Å². The van der Waals surface area contributed by atoms with Crippen LogP contribution in [0.4, 0.5) is 0 Å². The predicted molar refractivity (Wildman–Crippen MR) is 87.8 cm³/mol. The SMILES string of the molecule is C=C(NNC(=O)c1ccncc1)c1cccc2ccccc12. The summed E-state index contributed by atoms with van der Waals surface area (Å²) in [7, 11) is 0. The van der Waals surface area contributed by atoms with Gasteiger partial charge >= 0.3 is 0 Å². The van der Waals surface area contributed by atoms with Crippen molar-refractivity contribution in [3.8, 4) is 0 Å². The van der Waals surface area contributed by atoms with E-state index in [-0.39, 0.29) is 5.91 Å². The van der Waals surface area contributed by atoms with Gasteiger partial charge in [0, 0.05) is 23.5 Å². The summed E-state index contributed by atoms with van der Waals surface area (Å²) in [6, 6.07) is 17.3. The van der Waals surface area contributed by atoms with Crippen LogP contribution in [-0.2, 0) is 0 Å². The molecule has 0 unspecified atom stereocenters. The lowest BCUT2D eigenvalue weighted by Gasteiger charge is -2.13. The smallest absolute Gasteiger partial charge is 0.269 e. The van der Waals surface area contributed by atoms with Crippen LogP contribution in [0.2, 0.25) is 0 Å². The first-order valence-electron chi connectivity index (χ1n) is 6.89. The predicted octanol–water partition coefficient (Wildman–Crippen LogP) is 3.14. The van der Waals surface area contributed by atoms with Crippen molar-refractivity contribution in [1.29, 1.82) is 0 Å². The third kappa shape index (κ3) is 2.81. The summed E-state index contributed by atoms with van der Waals surface area (Å²) in [5, 5.41) is 2.21. The van der Waals surface area contributed by atoms with Crippen LogP contribution in [0.15, 0.2) is 73.6 Å². The fourth-order valence-electron chi connectivity index (χ4n) is 2.26. The second-order valence-electron chi connectivity index (χ2n) is 4.82. The third-order valence-corrected chi connectivity index (χ3v) is 3.38. The Bertz CT molecular complexity index is 823. The van der Waals surface area contributed by atoms with Crippen LogP contribution < -0.4 is 10.9 Å². The quantitative estimate of drug-likeness (QED) is 0.725. The number of hydrazine groups is 1. The molecule has 0 radical (unpaired) electrons. The number of nitrogens with one attached hydrogen (secondary N) is 2. The number of pyridine rings is 1. The summed E-state index contributed by atoms with van der Waals surface area (Å²) in [5.41, 5.74) is 7.65. The molecule has 4 nitrogen and oxygen atoms in total. The second kappa shape index (κ2) is 6.10. The van der Waals surface area contributed by atoms with Gasteiger partial charge in [0.05, 0.1) is 5.70 Å². The lowest BCUT2D eigenvalue weighted by molar-refractivity contribution is 0.0942. The summed E-state index contributed by atoms with van der Waals surface area (Å²) < 4.78 is 0. The minimum atomic E-state index is -0.233. The molecule has 2 N–H and O–H groups in total. The molecule has 4 heteroatoms. The van der Waals surface area contributed by atoms with Gasteiger partial charge in [0.2, 0.25) is 0 Å². The highest BCUT2D eigenvalue weighted by atomic mass is 16.2.